The van der Waals surface area contributed by atoms with E-state index in [1.807, 2.05) is 0 Å². The van der Waals surface area contributed by atoms with E-state index in [1.165, 1.54) is 23.6 Å². The van der Waals surface area contributed by atoms with E-state index in [9.17, 15) is 18.8 Å². The number of hydrogen-bond donors (Lipinski definition) is 3. The molecule has 0 radical (unpaired) electrons. The lowest BCUT2D eigenvalue weighted by Crippen LogP contribution is -2.41. The first-order valence-electron chi connectivity index (χ1n) is 10.7. The molecule has 0 saturated carbocycles. The van der Waals surface area contributed by atoms with Crippen molar-refractivity contribution in [1.82, 2.24) is 14.9 Å². The molecule has 0 aliphatic heterocycles. The van der Waals surface area contributed by atoms with Crippen LogP contribution in [-0.4, -0.2) is 38.7 Å². The summed E-state index contributed by atoms with van der Waals surface area (Å²) >= 11 is 5.94. The van der Waals surface area contributed by atoms with Gasteiger partial charge in [-0.1, -0.05) is 23.7 Å². The number of nitrogens with one attached hydrogen (secondary N) is 2. The summed E-state index contributed by atoms with van der Waals surface area (Å²) in [5, 5.41) is 14.7. The van der Waals surface area contributed by atoms with Crippen molar-refractivity contribution in [3.63, 3.8) is 0 Å². The molecule has 1 atom stereocenters. The molecule has 0 saturated heterocycles. The smallest absolute Gasteiger partial charge is 0.325 e. The van der Waals surface area contributed by atoms with Gasteiger partial charge in [-0.05, 0) is 50.6 Å². The van der Waals surface area contributed by atoms with Crippen molar-refractivity contribution in [3.05, 3.63) is 81.0 Å². The summed E-state index contributed by atoms with van der Waals surface area (Å²) in [5.41, 5.74) is -0.0750. The lowest BCUT2D eigenvalue weighted by atomic mass is 10.2. The van der Waals surface area contributed by atoms with Gasteiger partial charge in [0.05, 0.1) is 12.6 Å². The third kappa shape index (κ3) is 6.57. The Hall–Kier alpha value is -3.92. The fourth-order valence-electron chi connectivity index (χ4n) is 3.06. The molecule has 9 nitrogen and oxygen atoms in total. The van der Waals surface area contributed by atoms with Gasteiger partial charge >= 0.3 is 5.97 Å². The van der Waals surface area contributed by atoms with Gasteiger partial charge in [-0.25, -0.2) is 9.37 Å². The van der Waals surface area contributed by atoms with Gasteiger partial charge < -0.3 is 20.5 Å². The Morgan fingerprint density at radius 2 is 1.86 bits per heavy atom. The van der Waals surface area contributed by atoms with Crippen LogP contribution < -0.4 is 20.9 Å². The highest BCUT2D eigenvalue weighted by atomic mass is 35.5. The predicted octanol–water partition coefficient (Wildman–Crippen LogP) is 3.82. The summed E-state index contributed by atoms with van der Waals surface area (Å²) in [7, 11) is 0. The number of halogens is 2. The van der Waals surface area contributed by atoms with Crippen molar-refractivity contribution >= 4 is 35.1 Å². The van der Waals surface area contributed by atoms with Gasteiger partial charge in [-0.15, -0.1) is 0 Å². The Labute approximate surface area is 205 Å². The van der Waals surface area contributed by atoms with E-state index in [4.69, 9.17) is 21.4 Å². The molecule has 3 N–H and O–H groups in total. The average molecular weight is 503 g/mol. The molecule has 1 heterocycles. The van der Waals surface area contributed by atoms with Gasteiger partial charge in [-0.3, -0.25) is 19.0 Å². The molecule has 1 aromatic heterocycles. The number of ether oxygens (including phenoxy) is 1. The van der Waals surface area contributed by atoms with Crippen molar-refractivity contribution in [3.8, 4) is 5.75 Å². The van der Waals surface area contributed by atoms with E-state index in [0.717, 1.165) is 6.20 Å². The number of aromatic nitrogens is 2. The highest BCUT2D eigenvalue weighted by Crippen LogP contribution is 2.24. The summed E-state index contributed by atoms with van der Waals surface area (Å²) in [6, 6.07) is 9.71. The molecule has 3 rings (SSSR count). The molecule has 0 aliphatic rings. The minimum absolute atomic E-state index is 0.0119. The third-order valence-corrected chi connectivity index (χ3v) is 5.07. The van der Waals surface area contributed by atoms with Crippen LogP contribution in [0.2, 0.25) is 5.02 Å². The zero-order chi connectivity index (χ0) is 25.7. The normalized spacial score (nSPS) is 11.7. The molecule has 0 spiro atoms. The number of rotatable bonds is 9. The van der Waals surface area contributed by atoms with Crippen LogP contribution in [0.25, 0.3) is 0 Å². The number of benzene rings is 2. The largest absolute Gasteiger partial charge is 0.488 e. The van der Waals surface area contributed by atoms with Gasteiger partial charge in [0.1, 0.15) is 11.6 Å². The summed E-state index contributed by atoms with van der Waals surface area (Å²) in [5.74, 6) is -2.61. The monoisotopic (exact) mass is 502 g/mol. The van der Waals surface area contributed by atoms with Crippen LogP contribution >= 0.6 is 11.6 Å². The maximum absolute atomic E-state index is 14.5. The molecular weight excluding hydrogens is 479 g/mol. The number of anilines is 2. The van der Waals surface area contributed by atoms with Crippen LogP contribution in [0, 0.1) is 5.82 Å². The Morgan fingerprint density at radius 1 is 1.17 bits per heavy atom. The number of carboxylic acid groups (broad SMARTS) is 1. The number of aliphatic carboxylic acids is 1. The maximum atomic E-state index is 14.5. The number of carbonyl (C=O) groups is 2. The zero-order valence-electron chi connectivity index (χ0n) is 19.2. The average Bonchev–Trinajstić information content (AvgIpc) is 2.79. The predicted molar refractivity (Wildman–Crippen MR) is 129 cm³/mol. The fourth-order valence-corrected chi connectivity index (χ4v) is 3.19. The van der Waals surface area contributed by atoms with Crippen LogP contribution in [0.1, 0.15) is 36.7 Å². The zero-order valence-corrected chi connectivity index (χ0v) is 20.0. The van der Waals surface area contributed by atoms with Gasteiger partial charge in [0.2, 0.25) is 5.95 Å². The molecule has 11 heteroatoms. The number of nitrogens with zero attached hydrogens (tertiary/aromatic N) is 2. The third-order valence-electron chi connectivity index (χ3n) is 4.81. The summed E-state index contributed by atoms with van der Waals surface area (Å²) in [4.78, 5) is 41.0. The van der Waals surface area contributed by atoms with Gasteiger partial charge in [0.25, 0.3) is 11.5 Å². The lowest BCUT2D eigenvalue weighted by Gasteiger charge is -2.16. The van der Waals surface area contributed by atoms with Gasteiger partial charge in [-0.2, -0.15) is 0 Å². The second kappa shape index (κ2) is 11.0. The van der Waals surface area contributed by atoms with Crippen molar-refractivity contribution in [1.29, 1.82) is 0 Å². The first-order valence-corrected chi connectivity index (χ1v) is 11.0. The van der Waals surface area contributed by atoms with Crippen molar-refractivity contribution in [2.45, 2.75) is 39.5 Å². The SMILES string of the molecule is CC(C)Oc1ccc(Nc2ncc(C(=O)N[C@@H](C)C(=O)O)c(=O)n2Cc2ccc(Cl)cc2)cc1F. The molecule has 0 fully saturated rings. The summed E-state index contributed by atoms with van der Waals surface area (Å²) in [6.07, 6.45) is 0.830. The van der Waals surface area contributed by atoms with E-state index in [-0.39, 0.29) is 29.9 Å². The molecule has 3 aromatic rings. The molecule has 35 heavy (non-hydrogen) atoms. The first-order chi connectivity index (χ1) is 16.5. The quantitative estimate of drug-likeness (QED) is 0.406. The fraction of sp³-hybridized carbons (Fsp3) is 0.250. The standard InChI is InChI=1S/C24H24ClFN4O5/c1-13(2)35-20-9-8-17(10-19(20)26)29-24-27-11-18(21(31)28-14(3)23(33)34)22(32)30(24)12-15-4-6-16(25)7-5-15/h4-11,13-14H,12H2,1-3H3,(H,27,29)(H,28,31)(H,33,34)/t14-/m0/s1. The van der Waals surface area contributed by atoms with Crippen molar-refractivity contribution in [2.75, 3.05) is 5.32 Å². The molecule has 2 aromatic carbocycles. The van der Waals surface area contributed by atoms with E-state index < -0.39 is 29.3 Å². The van der Waals surface area contributed by atoms with Crippen molar-refractivity contribution in [2.24, 2.45) is 0 Å². The van der Waals surface area contributed by atoms with E-state index in [2.05, 4.69) is 15.6 Å². The summed E-state index contributed by atoms with van der Waals surface area (Å²) in [6.45, 7) is 4.84. The van der Waals surface area contributed by atoms with Crippen molar-refractivity contribution < 1.29 is 23.8 Å². The topological polar surface area (TPSA) is 123 Å². The van der Waals surface area contributed by atoms with Crippen LogP contribution in [-0.2, 0) is 11.3 Å². The molecule has 0 bridgehead atoms. The van der Waals surface area contributed by atoms with E-state index in [0.29, 0.717) is 16.3 Å². The number of hydrogen-bond acceptors (Lipinski definition) is 6. The molecule has 1 amide bonds. The second-order valence-corrected chi connectivity index (χ2v) is 8.42. The van der Waals surface area contributed by atoms with Crippen LogP contribution in [0.4, 0.5) is 16.0 Å². The Kier molecular flexibility index (Phi) is 8.08. The minimum Gasteiger partial charge on any atom is -0.488 e. The molecule has 184 valence electrons. The maximum Gasteiger partial charge on any atom is 0.325 e. The lowest BCUT2D eigenvalue weighted by molar-refractivity contribution is -0.138. The number of amides is 1. The van der Waals surface area contributed by atoms with Crippen LogP contribution in [0.15, 0.2) is 53.5 Å². The van der Waals surface area contributed by atoms with Gasteiger partial charge in [0, 0.05) is 23.0 Å². The van der Waals surface area contributed by atoms with Crippen LogP contribution in [0.5, 0.6) is 5.75 Å². The summed E-state index contributed by atoms with van der Waals surface area (Å²) < 4.78 is 21.1. The number of carboxylic acids is 1. The molecular formula is C24H24ClFN4O5. The molecule has 0 unspecified atom stereocenters. The van der Waals surface area contributed by atoms with E-state index in [1.54, 1.807) is 44.2 Å². The number of carbonyl (C=O) groups excluding carboxylic acids is 1. The van der Waals surface area contributed by atoms with E-state index >= 15 is 0 Å². The van der Waals surface area contributed by atoms with Gasteiger partial charge in [0.15, 0.2) is 11.6 Å². The Morgan fingerprint density at radius 3 is 2.46 bits per heavy atom. The highest BCUT2D eigenvalue weighted by molar-refractivity contribution is 6.30. The minimum atomic E-state index is -1.25. The second-order valence-electron chi connectivity index (χ2n) is 7.98. The first kappa shape index (κ1) is 25.7. The van der Waals surface area contributed by atoms with Crippen LogP contribution in [0.3, 0.4) is 0 Å². The highest BCUT2D eigenvalue weighted by Gasteiger charge is 2.21. The Balaban J connectivity index is 2.00. The Bertz CT molecular complexity index is 1290. The molecule has 0 aliphatic carbocycles.